The first kappa shape index (κ1) is 21.3. The average molecular weight is 443 g/mol. The van der Waals surface area contributed by atoms with E-state index >= 15 is 0 Å². The molecule has 31 heavy (non-hydrogen) atoms. The van der Waals surface area contributed by atoms with Crippen LogP contribution < -0.4 is 0 Å². The number of rotatable bonds is 8. The van der Waals surface area contributed by atoms with Gasteiger partial charge in [-0.25, -0.2) is 4.79 Å². The summed E-state index contributed by atoms with van der Waals surface area (Å²) in [6.07, 6.45) is 0. The third kappa shape index (κ3) is 5.40. The summed E-state index contributed by atoms with van der Waals surface area (Å²) in [6.45, 7) is 0.235. The molecule has 2 nitrogen and oxygen atoms in total. The van der Waals surface area contributed by atoms with Crippen LogP contribution in [0, 0.1) is 0 Å². The monoisotopic (exact) mass is 442 g/mol. The van der Waals surface area contributed by atoms with E-state index in [0.29, 0.717) is 0 Å². The summed E-state index contributed by atoms with van der Waals surface area (Å²) in [5.74, 6) is -0.273. The minimum absolute atomic E-state index is 0.235. The molecule has 4 rings (SSSR count). The van der Waals surface area contributed by atoms with Crippen LogP contribution in [0.4, 0.5) is 0 Å². The van der Waals surface area contributed by atoms with Crippen molar-refractivity contribution in [3.63, 3.8) is 0 Å². The number of hydrogen-bond donors (Lipinski definition) is 0. The second-order valence-corrected chi connectivity index (χ2v) is 9.71. The number of thioether (sulfide) groups is 2. The van der Waals surface area contributed by atoms with Crippen molar-refractivity contribution in [3.05, 3.63) is 132 Å². The first-order valence-electron chi connectivity index (χ1n) is 10.0. The van der Waals surface area contributed by atoms with Gasteiger partial charge in [0.15, 0.2) is 4.08 Å². The van der Waals surface area contributed by atoms with Crippen molar-refractivity contribution < 1.29 is 9.53 Å². The fourth-order valence-corrected chi connectivity index (χ4v) is 5.91. The molecule has 0 aliphatic carbocycles. The molecular formula is C27H22O2S2. The van der Waals surface area contributed by atoms with E-state index in [4.69, 9.17) is 4.74 Å². The summed E-state index contributed by atoms with van der Waals surface area (Å²) in [6, 6.07) is 39.7. The zero-order chi connectivity index (χ0) is 21.4. The number of ether oxygens (including phenoxy) is 1. The summed E-state index contributed by atoms with van der Waals surface area (Å²) >= 11 is 3.03. The third-order valence-electron chi connectivity index (χ3n) is 4.64. The van der Waals surface area contributed by atoms with E-state index < -0.39 is 4.08 Å². The average Bonchev–Trinajstić information content (AvgIpc) is 2.84. The van der Waals surface area contributed by atoms with Gasteiger partial charge in [-0.1, -0.05) is 121 Å². The Labute approximate surface area is 191 Å². The van der Waals surface area contributed by atoms with Gasteiger partial charge in [0, 0.05) is 9.79 Å². The maximum Gasteiger partial charge on any atom is 0.338 e. The van der Waals surface area contributed by atoms with Gasteiger partial charge in [0.1, 0.15) is 6.61 Å². The molecule has 0 saturated heterocycles. The van der Waals surface area contributed by atoms with Gasteiger partial charge in [-0.15, -0.1) is 0 Å². The highest BCUT2D eigenvalue weighted by molar-refractivity contribution is 8.18. The maximum absolute atomic E-state index is 13.8. The highest BCUT2D eigenvalue weighted by atomic mass is 32.2. The van der Waals surface area contributed by atoms with Crippen molar-refractivity contribution >= 4 is 29.5 Å². The van der Waals surface area contributed by atoms with E-state index in [0.717, 1.165) is 20.9 Å². The van der Waals surface area contributed by atoms with E-state index in [2.05, 4.69) is 0 Å². The molecule has 0 bridgehead atoms. The Morgan fingerprint density at radius 2 is 1.03 bits per heavy atom. The fourth-order valence-electron chi connectivity index (χ4n) is 3.12. The minimum Gasteiger partial charge on any atom is -0.459 e. The lowest BCUT2D eigenvalue weighted by Crippen LogP contribution is -2.31. The van der Waals surface area contributed by atoms with Crippen LogP contribution in [0.15, 0.2) is 131 Å². The van der Waals surface area contributed by atoms with Gasteiger partial charge < -0.3 is 4.74 Å². The molecular weight excluding hydrogens is 420 g/mol. The zero-order valence-electron chi connectivity index (χ0n) is 16.9. The van der Waals surface area contributed by atoms with Gasteiger partial charge in [0.25, 0.3) is 0 Å². The second-order valence-electron chi connectivity index (χ2n) is 6.87. The summed E-state index contributed by atoms with van der Waals surface area (Å²) in [5.41, 5.74) is 1.86. The molecule has 0 aliphatic rings. The summed E-state index contributed by atoms with van der Waals surface area (Å²) in [7, 11) is 0. The molecule has 0 spiro atoms. The molecule has 0 fully saturated rings. The highest BCUT2D eigenvalue weighted by Gasteiger charge is 2.44. The number of esters is 1. The van der Waals surface area contributed by atoms with E-state index in [1.165, 1.54) is 23.5 Å². The Morgan fingerprint density at radius 3 is 1.52 bits per heavy atom. The number of hydrogen-bond acceptors (Lipinski definition) is 4. The zero-order valence-corrected chi connectivity index (χ0v) is 18.5. The van der Waals surface area contributed by atoms with E-state index in [1.807, 2.05) is 121 Å². The smallest absolute Gasteiger partial charge is 0.338 e. The second kappa shape index (κ2) is 10.4. The lowest BCUT2D eigenvalue weighted by Gasteiger charge is -2.31. The third-order valence-corrected chi connectivity index (χ3v) is 7.54. The lowest BCUT2D eigenvalue weighted by molar-refractivity contribution is -0.145. The van der Waals surface area contributed by atoms with Crippen LogP contribution in [-0.2, 0) is 20.2 Å². The van der Waals surface area contributed by atoms with Gasteiger partial charge >= 0.3 is 5.97 Å². The standard InChI is InChI=1S/C27H22O2S2/c28-26(29-21-22-13-5-1-6-14-22)27(23-15-7-2-8-16-23,30-24-17-9-3-10-18-24)31-25-19-11-4-12-20-25/h1-20H,21H2. The van der Waals surface area contributed by atoms with Crippen LogP contribution in [-0.4, -0.2) is 5.97 Å². The van der Waals surface area contributed by atoms with Crippen LogP contribution in [0.5, 0.6) is 0 Å². The Morgan fingerprint density at radius 1 is 0.613 bits per heavy atom. The molecule has 0 amide bonds. The molecule has 4 aromatic rings. The molecule has 0 saturated carbocycles. The molecule has 0 heterocycles. The SMILES string of the molecule is O=C(OCc1ccccc1)C(Sc1ccccc1)(Sc1ccccc1)c1ccccc1. The van der Waals surface area contributed by atoms with Gasteiger partial charge in [0.05, 0.1) is 0 Å². The summed E-state index contributed by atoms with van der Waals surface area (Å²) in [4.78, 5) is 15.8. The molecule has 0 radical (unpaired) electrons. The molecule has 154 valence electrons. The molecule has 0 aromatic heterocycles. The van der Waals surface area contributed by atoms with Crippen LogP contribution >= 0.6 is 23.5 Å². The lowest BCUT2D eigenvalue weighted by atomic mass is 10.1. The first-order chi connectivity index (χ1) is 15.3. The number of benzene rings is 4. The van der Waals surface area contributed by atoms with E-state index in [-0.39, 0.29) is 12.6 Å². The van der Waals surface area contributed by atoms with Crippen molar-refractivity contribution in [3.8, 4) is 0 Å². The minimum atomic E-state index is -0.987. The van der Waals surface area contributed by atoms with Crippen molar-refractivity contribution in [2.45, 2.75) is 20.5 Å². The van der Waals surface area contributed by atoms with Gasteiger partial charge in [-0.05, 0) is 35.4 Å². The van der Waals surface area contributed by atoms with E-state index in [1.54, 1.807) is 0 Å². The molecule has 0 atom stereocenters. The van der Waals surface area contributed by atoms with E-state index in [9.17, 15) is 4.79 Å². The van der Waals surface area contributed by atoms with Crippen LogP contribution in [0.25, 0.3) is 0 Å². The molecule has 4 aromatic carbocycles. The maximum atomic E-state index is 13.8. The number of carbonyl (C=O) groups is 1. The van der Waals surface area contributed by atoms with Crippen molar-refractivity contribution in [1.82, 2.24) is 0 Å². The van der Waals surface area contributed by atoms with Gasteiger partial charge in [0.2, 0.25) is 0 Å². The number of carbonyl (C=O) groups excluding carboxylic acids is 1. The Kier molecular flexibility index (Phi) is 7.13. The Hall–Kier alpha value is -2.95. The molecule has 0 unspecified atom stereocenters. The molecule has 0 aliphatic heterocycles. The predicted octanol–water partition coefficient (Wildman–Crippen LogP) is 7.17. The highest BCUT2D eigenvalue weighted by Crippen LogP contribution is 2.53. The largest absolute Gasteiger partial charge is 0.459 e. The molecule has 4 heteroatoms. The van der Waals surface area contributed by atoms with Crippen molar-refractivity contribution in [2.24, 2.45) is 0 Å². The Bertz CT molecular complexity index is 1040. The summed E-state index contributed by atoms with van der Waals surface area (Å²) < 4.78 is 4.92. The van der Waals surface area contributed by atoms with Gasteiger partial charge in [-0.3, -0.25) is 0 Å². The quantitative estimate of drug-likeness (QED) is 0.164. The van der Waals surface area contributed by atoms with Crippen LogP contribution in [0.1, 0.15) is 11.1 Å². The topological polar surface area (TPSA) is 26.3 Å². The van der Waals surface area contributed by atoms with Gasteiger partial charge in [-0.2, -0.15) is 0 Å². The van der Waals surface area contributed by atoms with Crippen molar-refractivity contribution in [1.29, 1.82) is 0 Å². The predicted molar refractivity (Wildman–Crippen MR) is 129 cm³/mol. The van der Waals surface area contributed by atoms with Crippen LogP contribution in [0.3, 0.4) is 0 Å². The first-order valence-corrected chi connectivity index (χ1v) is 11.6. The van der Waals surface area contributed by atoms with Crippen LogP contribution in [0.2, 0.25) is 0 Å². The van der Waals surface area contributed by atoms with Crippen molar-refractivity contribution in [2.75, 3.05) is 0 Å². The summed E-state index contributed by atoms with van der Waals surface area (Å²) in [5, 5.41) is 0. The normalized spacial score (nSPS) is 11.1. The fraction of sp³-hybridized carbons (Fsp3) is 0.0741. The Balaban J connectivity index is 1.74. The molecule has 0 N–H and O–H groups in total.